The summed E-state index contributed by atoms with van der Waals surface area (Å²) < 4.78 is 49.8. The molecule has 0 aromatic heterocycles. The Balaban J connectivity index is 3.13. The zero-order valence-corrected chi connectivity index (χ0v) is 11.5. The molecule has 78 valence electrons. The SMILES string of the molecule is Fc1c(I)ccc(I)c1SC(F)(F)F. The summed E-state index contributed by atoms with van der Waals surface area (Å²) in [5, 5.41) is 0. The molecule has 0 spiro atoms. The fourth-order valence-corrected chi connectivity index (χ4v) is 2.69. The standard InChI is InChI=1S/C7H2F4I2S/c8-5-3(12)1-2-4(13)6(5)14-7(9,10)11/h1-2H. The molecule has 0 atom stereocenters. The minimum Gasteiger partial charge on any atom is -0.205 e. The molecule has 0 aliphatic heterocycles. The van der Waals surface area contributed by atoms with Crippen molar-refractivity contribution in [2.45, 2.75) is 10.4 Å². The van der Waals surface area contributed by atoms with Gasteiger partial charge in [0.1, 0.15) is 0 Å². The van der Waals surface area contributed by atoms with Gasteiger partial charge in [0, 0.05) is 3.57 Å². The Hall–Kier alpha value is 0.750. The molecule has 1 rings (SSSR count). The first-order chi connectivity index (χ1) is 6.31. The molecule has 0 radical (unpaired) electrons. The average molecular weight is 448 g/mol. The van der Waals surface area contributed by atoms with Crippen molar-refractivity contribution < 1.29 is 17.6 Å². The van der Waals surface area contributed by atoms with E-state index in [2.05, 4.69) is 0 Å². The molecule has 0 amide bonds. The molecule has 0 fully saturated rings. The quantitative estimate of drug-likeness (QED) is 0.261. The second-order valence-corrected chi connectivity index (χ2v) is 5.62. The van der Waals surface area contributed by atoms with Crippen LogP contribution in [0.5, 0.6) is 0 Å². The lowest BCUT2D eigenvalue weighted by Crippen LogP contribution is -2.02. The van der Waals surface area contributed by atoms with Gasteiger partial charge in [0.05, 0.1) is 8.47 Å². The smallest absolute Gasteiger partial charge is 0.205 e. The minimum atomic E-state index is -4.45. The number of rotatable bonds is 1. The molecule has 0 saturated heterocycles. The van der Waals surface area contributed by atoms with Crippen molar-refractivity contribution in [3.05, 3.63) is 25.1 Å². The molecule has 1 aromatic rings. The van der Waals surface area contributed by atoms with E-state index in [0.29, 0.717) is 0 Å². The second kappa shape index (κ2) is 4.73. The number of hydrogen-bond acceptors (Lipinski definition) is 1. The highest BCUT2D eigenvalue weighted by Crippen LogP contribution is 2.41. The third-order valence-corrected chi connectivity index (χ3v) is 4.15. The van der Waals surface area contributed by atoms with Crippen LogP contribution in [0.15, 0.2) is 17.0 Å². The highest BCUT2D eigenvalue weighted by atomic mass is 127. The summed E-state index contributed by atoms with van der Waals surface area (Å²) in [6.45, 7) is 0. The Labute approximate surface area is 109 Å². The van der Waals surface area contributed by atoms with Crippen LogP contribution in [0.25, 0.3) is 0 Å². The van der Waals surface area contributed by atoms with E-state index in [4.69, 9.17) is 0 Å². The summed E-state index contributed by atoms with van der Waals surface area (Å²) in [5.74, 6) is -0.806. The first-order valence-corrected chi connectivity index (χ1v) is 6.18. The van der Waals surface area contributed by atoms with Crippen LogP contribution in [0, 0.1) is 13.0 Å². The largest absolute Gasteiger partial charge is 0.446 e. The van der Waals surface area contributed by atoms with Crippen LogP contribution in [0.4, 0.5) is 17.6 Å². The fourth-order valence-electron chi connectivity index (χ4n) is 0.718. The van der Waals surface area contributed by atoms with Crippen molar-refractivity contribution in [3.63, 3.8) is 0 Å². The Kier molecular flexibility index (Phi) is 4.33. The second-order valence-electron chi connectivity index (χ2n) is 2.22. The highest BCUT2D eigenvalue weighted by molar-refractivity contribution is 14.1. The maximum absolute atomic E-state index is 13.3. The highest BCUT2D eigenvalue weighted by Gasteiger charge is 2.32. The van der Waals surface area contributed by atoms with Gasteiger partial charge in [-0.2, -0.15) is 13.2 Å². The van der Waals surface area contributed by atoms with E-state index in [0.717, 1.165) is 0 Å². The molecule has 0 saturated carbocycles. The van der Waals surface area contributed by atoms with Crippen molar-refractivity contribution in [1.29, 1.82) is 0 Å². The third-order valence-electron chi connectivity index (χ3n) is 1.22. The zero-order valence-electron chi connectivity index (χ0n) is 6.33. The Morgan fingerprint density at radius 1 is 1.07 bits per heavy atom. The lowest BCUT2D eigenvalue weighted by Gasteiger charge is -2.09. The predicted molar refractivity (Wildman–Crippen MR) is 63.7 cm³/mol. The summed E-state index contributed by atoms with van der Waals surface area (Å²) in [6, 6.07) is 2.90. The maximum Gasteiger partial charge on any atom is 0.446 e. The van der Waals surface area contributed by atoms with E-state index in [-0.39, 0.29) is 12.0 Å². The van der Waals surface area contributed by atoms with Gasteiger partial charge < -0.3 is 0 Å². The number of hydrogen-bond donors (Lipinski definition) is 0. The molecule has 0 unspecified atom stereocenters. The van der Waals surface area contributed by atoms with Gasteiger partial charge in [0.25, 0.3) is 0 Å². The Morgan fingerprint density at radius 3 is 2.07 bits per heavy atom. The van der Waals surface area contributed by atoms with E-state index in [1.807, 2.05) is 0 Å². The first kappa shape index (κ1) is 12.8. The molecule has 1 aromatic carbocycles. The van der Waals surface area contributed by atoms with Crippen LogP contribution in [0.1, 0.15) is 0 Å². The van der Waals surface area contributed by atoms with Gasteiger partial charge >= 0.3 is 5.51 Å². The molecule has 0 heterocycles. The van der Waals surface area contributed by atoms with E-state index in [9.17, 15) is 17.6 Å². The molecule has 7 heteroatoms. The van der Waals surface area contributed by atoms with Crippen molar-refractivity contribution in [2.75, 3.05) is 0 Å². The van der Waals surface area contributed by atoms with Gasteiger partial charge in [-0.05, 0) is 69.1 Å². The summed E-state index contributed by atoms with van der Waals surface area (Å²) in [6.07, 6.45) is 0. The monoisotopic (exact) mass is 448 g/mol. The van der Waals surface area contributed by atoms with Crippen molar-refractivity contribution in [2.24, 2.45) is 0 Å². The van der Waals surface area contributed by atoms with E-state index < -0.39 is 23.1 Å². The molecule has 14 heavy (non-hydrogen) atoms. The lowest BCUT2D eigenvalue weighted by atomic mass is 10.3. The summed E-state index contributed by atoms with van der Waals surface area (Å²) in [5.41, 5.74) is -4.45. The number of halogens is 6. The predicted octanol–water partition coefficient (Wildman–Crippen LogP) is 4.65. The van der Waals surface area contributed by atoms with Crippen LogP contribution in [-0.2, 0) is 0 Å². The van der Waals surface area contributed by atoms with Crippen LogP contribution in [0.3, 0.4) is 0 Å². The van der Waals surface area contributed by atoms with Gasteiger partial charge in [-0.25, -0.2) is 4.39 Å². The fraction of sp³-hybridized carbons (Fsp3) is 0.143. The van der Waals surface area contributed by atoms with Crippen molar-refractivity contribution >= 4 is 56.9 Å². The number of thioether (sulfide) groups is 1. The molecule has 0 aliphatic rings. The summed E-state index contributed by atoms with van der Waals surface area (Å²) in [4.78, 5) is -0.356. The van der Waals surface area contributed by atoms with Crippen LogP contribution in [-0.4, -0.2) is 5.51 Å². The van der Waals surface area contributed by atoms with Crippen LogP contribution >= 0.6 is 56.9 Å². The van der Waals surface area contributed by atoms with Crippen LogP contribution < -0.4 is 0 Å². The third kappa shape index (κ3) is 3.40. The van der Waals surface area contributed by atoms with E-state index in [1.165, 1.54) is 12.1 Å². The van der Waals surface area contributed by atoms with Gasteiger partial charge in [-0.3, -0.25) is 0 Å². The normalized spacial score (nSPS) is 11.9. The molecule has 0 aliphatic carbocycles. The summed E-state index contributed by atoms with van der Waals surface area (Å²) >= 11 is 2.92. The lowest BCUT2D eigenvalue weighted by molar-refractivity contribution is -0.0329. The number of alkyl halides is 3. The zero-order chi connectivity index (χ0) is 10.9. The molecular formula is C7H2F4I2S. The number of benzene rings is 1. The van der Waals surface area contributed by atoms with Crippen molar-refractivity contribution in [1.82, 2.24) is 0 Å². The van der Waals surface area contributed by atoms with Gasteiger partial charge in [-0.1, -0.05) is 0 Å². The average Bonchev–Trinajstić information content (AvgIpc) is 2.04. The topological polar surface area (TPSA) is 0 Å². The molecule has 0 bridgehead atoms. The Morgan fingerprint density at radius 2 is 1.57 bits per heavy atom. The van der Waals surface area contributed by atoms with E-state index in [1.54, 1.807) is 45.2 Å². The van der Waals surface area contributed by atoms with Gasteiger partial charge in [0.2, 0.25) is 0 Å². The first-order valence-electron chi connectivity index (χ1n) is 3.20. The minimum absolute atomic E-state index is 0.190. The maximum atomic E-state index is 13.3. The van der Waals surface area contributed by atoms with Gasteiger partial charge in [-0.15, -0.1) is 0 Å². The van der Waals surface area contributed by atoms with Crippen molar-refractivity contribution in [3.8, 4) is 0 Å². The van der Waals surface area contributed by atoms with Gasteiger partial charge in [0.15, 0.2) is 5.82 Å². The van der Waals surface area contributed by atoms with E-state index >= 15 is 0 Å². The Bertz CT molecular complexity index is 350. The molecular weight excluding hydrogens is 446 g/mol. The summed E-state index contributed by atoms with van der Waals surface area (Å²) in [7, 11) is 0. The molecule has 0 N–H and O–H groups in total. The van der Waals surface area contributed by atoms with Crippen LogP contribution in [0.2, 0.25) is 0 Å². The molecule has 0 nitrogen and oxygen atoms in total.